The van der Waals surface area contributed by atoms with E-state index in [1.807, 2.05) is 25.2 Å². The number of nitrogens with zero attached hydrogens (tertiary/aromatic N) is 1. The lowest BCUT2D eigenvalue weighted by Gasteiger charge is -2.18. The third-order valence-corrected chi connectivity index (χ3v) is 4.54. The molecule has 1 heterocycles. The van der Waals surface area contributed by atoms with Gasteiger partial charge < -0.3 is 10.2 Å². The largest absolute Gasteiger partial charge is 0.390 e. The lowest BCUT2D eigenvalue weighted by molar-refractivity contribution is -0.137. The van der Waals surface area contributed by atoms with Crippen LogP contribution in [-0.4, -0.2) is 31.7 Å². The zero-order valence-electron chi connectivity index (χ0n) is 12.1. The van der Waals surface area contributed by atoms with Crippen LogP contribution in [0.3, 0.4) is 0 Å². The van der Waals surface area contributed by atoms with E-state index >= 15 is 0 Å². The van der Waals surface area contributed by atoms with Crippen molar-refractivity contribution in [2.45, 2.75) is 25.7 Å². The van der Waals surface area contributed by atoms with E-state index in [9.17, 15) is 13.2 Å². The van der Waals surface area contributed by atoms with Crippen molar-refractivity contribution in [3.05, 3.63) is 34.7 Å². The fourth-order valence-corrected chi connectivity index (χ4v) is 3.52. The Morgan fingerprint density at radius 3 is 2.62 bits per heavy atom. The predicted molar refractivity (Wildman–Crippen MR) is 81.6 cm³/mol. The topological polar surface area (TPSA) is 15.3 Å². The molecule has 0 bridgehead atoms. The Balaban J connectivity index is 2.17. The third kappa shape index (κ3) is 4.43. The van der Waals surface area contributed by atoms with E-state index in [-0.39, 0.29) is 6.54 Å². The minimum Gasteiger partial charge on any atom is -0.315 e. The van der Waals surface area contributed by atoms with Crippen LogP contribution in [0, 0.1) is 0 Å². The third-order valence-electron chi connectivity index (χ3n) is 3.32. The molecule has 0 saturated carbocycles. The molecule has 2 nitrogen and oxygen atoms in total. The Bertz CT molecular complexity index is 592. The molecule has 6 heteroatoms. The second-order valence-corrected chi connectivity index (χ2v) is 6.27. The highest BCUT2D eigenvalue weighted by atomic mass is 32.1. The molecule has 21 heavy (non-hydrogen) atoms. The maximum Gasteiger partial charge on any atom is 0.390 e. The van der Waals surface area contributed by atoms with Crippen LogP contribution < -0.4 is 5.32 Å². The number of thiophene rings is 1. The number of hydrogen-bond donors (Lipinski definition) is 1. The Morgan fingerprint density at radius 2 is 1.95 bits per heavy atom. The quantitative estimate of drug-likeness (QED) is 0.866. The van der Waals surface area contributed by atoms with Crippen LogP contribution in [0.1, 0.15) is 16.9 Å². The molecule has 0 unspecified atom stereocenters. The average molecular weight is 316 g/mol. The fourth-order valence-electron chi connectivity index (χ4n) is 2.29. The highest BCUT2D eigenvalue weighted by molar-refractivity contribution is 7.19. The van der Waals surface area contributed by atoms with Crippen LogP contribution in [0.5, 0.6) is 0 Å². The molecule has 0 spiro atoms. The molecule has 0 aliphatic heterocycles. The van der Waals surface area contributed by atoms with E-state index in [4.69, 9.17) is 0 Å². The van der Waals surface area contributed by atoms with Crippen molar-refractivity contribution < 1.29 is 13.2 Å². The summed E-state index contributed by atoms with van der Waals surface area (Å²) in [5, 5.41) is 4.27. The van der Waals surface area contributed by atoms with E-state index in [2.05, 4.69) is 11.4 Å². The number of halogens is 3. The highest BCUT2D eigenvalue weighted by Crippen LogP contribution is 2.32. The van der Waals surface area contributed by atoms with E-state index in [0.29, 0.717) is 6.54 Å². The summed E-state index contributed by atoms with van der Waals surface area (Å²) in [4.78, 5) is 2.93. The van der Waals surface area contributed by atoms with Crippen molar-refractivity contribution in [2.24, 2.45) is 0 Å². The normalized spacial score (nSPS) is 12.5. The summed E-state index contributed by atoms with van der Waals surface area (Å²) >= 11 is 1.70. The second kappa shape index (κ2) is 6.77. The summed E-state index contributed by atoms with van der Waals surface area (Å²) in [7, 11) is 3.61. The summed E-state index contributed by atoms with van der Waals surface area (Å²) < 4.78 is 38.1. The van der Waals surface area contributed by atoms with Gasteiger partial charge in [-0.2, -0.15) is 13.2 Å². The fraction of sp³-hybridized carbons (Fsp3) is 0.467. The standard InChI is InChI=1S/C15H19F3N2S/c1-19-9-14-12(10-20(2)8-7-15(16,17)18)11-5-3-4-6-13(11)21-14/h3-6,19H,7-10H2,1-2H3. The van der Waals surface area contributed by atoms with E-state index in [1.54, 1.807) is 23.3 Å². The minimum absolute atomic E-state index is 0.0205. The van der Waals surface area contributed by atoms with Crippen molar-refractivity contribution in [1.29, 1.82) is 0 Å². The molecule has 0 aliphatic carbocycles. The number of alkyl halides is 3. The minimum atomic E-state index is -4.10. The van der Waals surface area contributed by atoms with Gasteiger partial charge in [0.1, 0.15) is 0 Å². The van der Waals surface area contributed by atoms with E-state index in [1.165, 1.54) is 9.58 Å². The van der Waals surface area contributed by atoms with Gasteiger partial charge in [0.05, 0.1) is 6.42 Å². The van der Waals surface area contributed by atoms with Crippen LogP contribution >= 0.6 is 11.3 Å². The van der Waals surface area contributed by atoms with Gasteiger partial charge in [0, 0.05) is 29.2 Å². The summed E-state index contributed by atoms with van der Waals surface area (Å²) in [5.41, 5.74) is 1.13. The maximum absolute atomic E-state index is 12.3. The summed E-state index contributed by atoms with van der Waals surface area (Å²) in [6.07, 6.45) is -4.87. The molecule has 1 N–H and O–H groups in total. The van der Waals surface area contributed by atoms with Crippen LogP contribution in [0.25, 0.3) is 10.1 Å². The molecule has 1 aromatic heterocycles. The van der Waals surface area contributed by atoms with Gasteiger partial charge in [-0.3, -0.25) is 0 Å². The van der Waals surface area contributed by atoms with Crippen molar-refractivity contribution >= 4 is 21.4 Å². The molecule has 0 saturated heterocycles. The summed E-state index contributed by atoms with van der Waals surface area (Å²) in [6.45, 7) is 1.30. The van der Waals surface area contributed by atoms with E-state index < -0.39 is 12.6 Å². The Hall–Kier alpha value is -1.11. The van der Waals surface area contributed by atoms with Gasteiger partial charge in [0.25, 0.3) is 0 Å². The number of fused-ring (bicyclic) bond motifs is 1. The van der Waals surface area contributed by atoms with Gasteiger partial charge in [0.15, 0.2) is 0 Å². The first-order chi connectivity index (χ1) is 9.90. The number of rotatable bonds is 6. The van der Waals surface area contributed by atoms with Gasteiger partial charge in [-0.05, 0) is 31.1 Å². The van der Waals surface area contributed by atoms with Gasteiger partial charge in [0.2, 0.25) is 0 Å². The van der Waals surface area contributed by atoms with Crippen LogP contribution in [-0.2, 0) is 13.1 Å². The molecular weight excluding hydrogens is 297 g/mol. The lowest BCUT2D eigenvalue weighted by atomic mass is 10.1. The number of hydrogen-bond acceptors (Lipinski definition) is 3. The van der Waals surface area contributed by atoms with Crippen LogP contribution in [0.15, 0.2) is 24.3 Å². The first-order valence-electron chi connectivity index (χ1n) is 6.80. The van der Waals surface area contributed by atoms with Crippen molar-refractivity contribution in [3.63, 3.8) is 0 Å². The molecule has 116 valence electrons. The zero-order valence-corrected chi connectivity index (χ0v) is 12.9. The molecular formula is C15H19F3N2S. The first-order valence-corrected chi connectivity index (χ1v) is 7.61. The zero-order chi connectivity index (χ0) is 15.5. The average Bonchev–Trinajstić information content (AvgIpc) is 2.75. The van der Waals surface area contributed by atoms with Gasteiger partial charge in [-0.1, -0.05) is 18.2 Å². The van der Waals surface area contributed by atoms with E-state index in [0.717, 1.165) is 17.5 Å². The highest BCUT2D eigenvalue weighted by Gasteiger charge is 2.27. The molecule has 0 aliphatic rings. The summed E-state index contributed by atoms with van der Waals surface area (Å²) in [5.74, 6) is 0. The van der Waals surface area contributed by atoms with Gasteiger partial charge in [-0.25, -0.2) is 0 Å². The first kappa shape index (κ1) is 16.3. The predicted octanol–water partition coefficient (Wildman–Crippen LogP) is 4.00. The molecule has 2 rings (SSSR count). The Labute approximate surface area is 126 Å². The molecule has 0 radical (unpaired) electrons. The Kier molecular flexibility index (Phi) is 5.24. The van der Waals surface area contributed by atoms with Crippen molar-refractivity contribution in [2.75, 3.05) is 20.6 Å². The number of nitrogens with one attached hydrogen (secondary N) is 1. The van der Waals surface area contributed by atoms with Crippen molar-refractivity contribution in [1.82, 2.24) is 10.2 Å². The van der Waals surface area contributed by atoms with Crippen LogP contribution in [0.4, 0.5) is 13.2 Å². The summed E-state index contributed by atoms with van der Waals surface area (Å²) in [6, 6.07) is 8.05. The van der Waals surface area contributed by atoms with Crippen molar-refractivity contribution in [3.8, 4) is 0 Å². The van der Waals surface area contributed by atoms with Gasteiger partial charge in [-0.15, -0.1) is 11.3 Å². The monoisotopic (exact) mass is 316 g/mol. The number of benzene rings is 1. The molecule has 0 amide bonds. The Morgan fingerprint density at radius 1 is 1.24 bits per heavy atom. The second-order valence-electron chi connectivity index (χ2n) is 5.13. The molecule has 0 atom stereocenters. The SMILES string of the molecule is CNCc1sc2ccccc2c1CN(C)CCC(F)(F)F. The molecule has 0 fully saturated rings. The van der Waals surface area contributed by atoms with Crippen LogP contribution in [0.2, 0.25) is 0 Å². The maximum atomic E-state index is 12.3. The smallest absolute Gasteiger partial charge is 0.315 e. The lowest BCUT2D eigenvalue weighted by Crippen LogP contribution is -2.24. The van der Waals surface area contributed by atoms with Gasteiger partial charge >= 0.3 is 6.18 Å². The molecule has 2 aromatic rings. The molecule has 1 aromatic carbocycles.